The number of rotatable bonds is 4. The number of H-pyrrole nitrogens is 1. The third-order valence-corrected chi connectivity index (χ3v) is 8.23. The SMILES string of the molecule is CC(C)(C1C[C@H]2CC[C@@H](C1)N2S(C)(=O)=O)C(O)c1cc(Cl)cc2cn[nH]c12. The zero-order chi connectivity index (χ0) is 19.6. The Morgan fingerprint density at radius 2 is 1.93 bits per heavy atom. The van der Waals surface area contributed by atoms with Gasteiger partial charge in [0.2, 0.25) is 10.0 Å². The molecule has 4 rings (SSSR count). The van der Waals surface area contributed by atoms with E-state index in [1.165, 1.54) is 6.26 Å². The molecule has 0 aliphatic carbocycles. The van der Waals surface area contributed by atoms with Gasteiger partial charge in [0.1, 0.15) is 0 Å². The number of piperidine rings is 1. The molecule has 27 heavy (non-hydrogen) atoms. The van der Waals surface area contributed by atoms with E-state index in [0.29, 0.717) is 5.02 Å². The van der Waals surface area contributed by atoms with Gasteiger partial charge in [-0.05, 0) is 49.1 Å². The number of aromatic amines is 1. The first-order valence-electron chi connectivity index (χ1n) is 9.38. The van der Waals surface area contributed by atoms with E-state index in [2.05, 4.69) is 24.0 Å². The smallest absolute Gasteiger partial charge is 0.211 e. The van der Waals surface area contributed by atoms with Gasteiger partial charge in [-0.2, -0.15) is 9.40 Å². The molecule has 0 radical (unpaired) electrons. The Labute approximate surface area is 164 Å². The fourth-order valence-electron chi connectivity index (χ4n) is 5.17. The normalized spacial score (nSPS) is 28.0. The van der Waals surface area contributed by atoms with E-state index in [9.17, 15) is 13.5 Å². The molecule has 148 valence electrons. The van der Waals surface area contributed by atoms with Crippen LogP contribution in [0.1, 0.15) is 51.2 Å². The molecule has 4 atom stereocenters. The van der Waals surface area contributed by atoms with Crippen LogP contribution in [0.4, 0.5) is 0 Å². The molecular formula is C19H26ClN3O3S. The van der Waals surface area contributed by atoms with Crippen LogP contribution in [0.2, 0.25) is 5.02 Å². The fraction of sp³-hybridized carbons (Fsp3) is 0.632. The van der Waals surface area contributed by atoms with E-state index in [4.69, 9.17) is 11.6 Å². The van der Waals surface area contributed by atoms with E-state index >= 15 is 0 Å². The van der Waals surface area contributed by atoms with Crippen molar-refractivity contribution in [3.8, 4) is 0 Å². The molecule has 2 saturated heterocycles. The standard InChI is InChI=1S/C19H26ClN3O3S/c1-19(2,12-7-14-4-5-15(8-12)23(14)27(3,25)26)18(24)16-9-13(20)6-11-10-21-22-17(11)16/h6,9-10,12,14-15,18,24H,4-5,7-8H2,1-3H3,(H,21,22)/t12?,14-,15+,18?. The van der Waals surface area contributed by atoms with Crippen LogP contribution in [0, 0.1) is 11.3 Å². The molecule has 2 unspecified atom stereocenters. The molecule has 1 aromatic carbocycles. The first kappa shape index (κ1) is 19.2. The summed E-state index contributed by atoms with van der Waals surface area (Å²) in [5.41, 5.74) is 1.13. The van der Waals surface area contributed by atoms with Gasteiger partial charge < -0.3 is 5.11 Å². The van der Waals surface area contributed by atoms with Gasteiger partial charge in [-0.25, -0.2) is 8.42 Å². The van der Waals surface area contributed by atoms with Crippen LogP contribution < -0.4 is 0 Å². The molecule has 8 heteroatoms. The number of aliphatic hydroxyl groups is 1. The summed E-state index contributed by atoms with van der Waals surface area (Å²) in [5.74, 6) is 0.222. The highest BCUT2D eigenvalue weighted by Gasteiger charge is 2.50. The van der Waals surface area contributed by atoms with Crippen molar-refractivity contribution in [2.75, 3.05) is 6.26 Å². The van der Waals surface area contributed by atoms with Gasteiger partial charge in [0.25, 0.3) is 0 Å². The van der Waals surface area contributed by atoms with Crippen molar-refractivity contribution in [1.29, 1.82) is 0 Å². The molecule has 0 saturated carbocycles. The number of aromatic nitrogens is 2. The summed E-state index contributed by atoms with van der Waals surface area (Å²) in [5, 5.41) is 19.8. The summed E-state index contributed by atoms with van der Waals surface area (Å²) < 4.78 is 26.0. The summed E-state index contributed by atoms with van der Waals surface area (Å²) in [4.78, 5) is 0. The monoisotopic (exact) mass is 411 g/mol. The van der Waals surface area contributed by atoms with Gasteiger partial charge in [0, 0.05) is 28.1 Å². The van der Waals surface area contributed by atoms with Crippen LogP contribution in [0.25, 0.3) is 10.9 Å². The van der Waals surface area contributed by atoms with Crippen LogP contribution in [0.3, 0.4) is 0 Å². The van der Waals surface area contributed by atoms with E-state index in [1.54, 1.807) is 16.6 Å². The molecule has 2 bridgehead atoms. The summed E-state index contributed by atoms with van der Waals surface area (Å²) >= 11 is 6.26. The van der Waals surface area contributed by atoms with Crippen molar-refractivity contribution in [3.05, 3.63) is 28.9 Å². The first-order valence-corrected chi connectivity index (χ1v) is 11.6. The second-order valence-electron chi connectivity index (χ2n) is 8.70. The van der Waals surface area contributed by atoms with Crippen LogP contribution in [-0.4, -0.2) is 46.4 Å². The minimum Gasteiger partial charge on any atom is -0.388 e. The van der Waals surface area contributed by atoms with Gasteiger partial charge in [-0.15, -0.1) is 0 Å². The second-order valence-corrected chi connectivity index (χ2v) is 11.0. The lowest BCUT2D eigenvalue weighted by Crippen LogP contribution is -2.49. The van der Waals surface area contributed by atoms with E-state index in [0.717, 1.165) is 42.1 Å². The van der Waals surface area contributed by atoms with Gasteiger partial charge in [0.15, 0.2) is 0 Å². The van der Waals surface area contributed by atoms with Crippen molar-refractivity contribution in [2.24, 2.45) is 11.3 Å². The van der Waals surface area contributed by atoms with Crippen LogP contribution in [0.15, 0.2) is 18.3 Å². The predicted octanol–water partition coefficient (Wildman–Crippen LogP) is 3.48. The number of nitrogens with one attached hydrogen (secondary N) is 1. The summed E-state index contributed by atoms with van der Waals surface area (Å²) in [6, 6.07) is 3.71. The fourth-order valence-corrected chi connectivity index (χ4v) is 6.87. The minimum absolute atomic E-state index is 0.0433. The number of hydrogen-bond acceptors (Lipinski definition) is 4. The van der Waals surface area contributed by atoms with E-state index in [-0.39, 0.29) is 18.0 Å². The van der Waals surface area contributed by atoms with Crippen LogP contribution in [0.5, 0.6) is 0 Å². The van der Waals surface area contributed by atoms with Gasteiger partial charge in [-0.1, -0.05) is 25.4 Å². The van der Waals surface area contributed by atoms with Crippen molar-refractivity contribution in [3.63, 3.8) is 0 Å². The Morgan fingerprint density at radius 3 is 2.52 bits per heavy atom. The number of aliphatic hydroxyl groups excluding tert-OH is 1. The number of benzene rings is 1. The number of fused-ring (bicyclic) bond motifs is 3. The first-order chi connectivity index (χ1) is 12.6. The average molecular weight is 412 g/mol. The molecule has 0 spiro atoms. The number of halogens is 1. The Morgan fingerprint density at radius 1 is 1.30 bits per heavy atom. The highest BCUT2D eigenvalue weighted by molar-refractivity contribution is 7.88. The Balaban J connectivity index is 1.65. The number of hydrogen-bond donors (Lipinski definition) is 2. The van der Waals surface area contributed by atoms with Gasteiger partial charge in [-0.3, -0.25) is 5.10 Å². The quantitative estimate of drug-likeness (QED) is 0.806. The van der Waals surface area contributed by atoms with Gasteiger partial charge in [0.05, 0.1) is 24.1 Å². The number of sulfonamides is 1. The Hall–Kier alpha value is -1.15. The third kappa shape index (κ3) is 3.18. The summed E-state index contributed by atoms with van der Waals surface area (Å²) in [6.07, 6.45) is 5.65. The zero-order valence-electron chi connectivity index (χ0n) is 15.8. The van der Waals surface area contributed by atoms with Crippen molar-refractivity contribution >= 4 is 32.5 Å². The number of nitrogens with zero attached hydrogens (tertiary/aromatic N) is 2. The average Bonchev–Trinajstić information content (AvgIpc) is 3.15. The van der Waals surface area contributed by atoms with Crippen LogP contribution in [-0.2, 0) is 10.0 Å². The molecule has 2 N–H and O–H groups in total. The molecular weight excluding hydrogens is 386 g/mol. The predicted molar refractivity (Wildman–Crippen MR) is 106 cm³/mol. The highest BCUT2D eigenvalue weighted by atomic mass is 35.5. The molecule has 2 aromatic rings. The molecule has 1 aromatic heterocycles. The van der Waals surface area contributed by atoms with Gasteiger partial charge >= 0.3 is 0 Å². The van der Waals surface area contributed by atoms with Crippen molar-refractivity contribution < 1.29 is 13.5 Å². The van der Waals surface area contributed by atoms with Crippen molar-refractivity contribution in [1.82, 2.24) is 14.5 Å². The molecule has 2 fully saturated rings. The minimum atomic E-state index is -3.19. The zero-order valence-corrected chi connectivity index (χ0v) is 17.4. The molecule has 0 amide bonds. The Bertz CT molecular complexity index is 958. The van der Waals surface area contributed by atoms with E-state index < -0.39 is 21.5 Å². The maximum atomic E-state index is 12.2. The summed E-state index contributed by atoms with van der Waals surface area (Å²) in [6.45, 7) is 4.14. The topological polar surface area (TPSA) is 86.3 Å². The largest absolute Gasteiger partial charge is 0.388 e. The molecule has 2 aliphatic rings. The summed E-state index contributed by atoms with van der Waals surface area (Å²) in [7, 11) is -3.19. The maximum Gasteiger partial charge on any atom is 0.211 e. The van der Waals surface area contributed by atoms with E-state index in [1.807, 2.05) is 6.07 Å². The highest BCUT2D eigenvalue weighted by Crippen LogP contribution is 2.51. The maximum absolute atomic E-state index is 12.2. The second kappa shape index (κ2) is 6.44. The molecule has 6 nitrogen and oxygen atoms in total. The molecule has 3 heterocycles. The lowest BCUT2D eigenvalue weighted by Gasteiger charge is -2.46. The van der Waals surface area contributed by atoms with Crippen molar-refractivity contribution in [2.45, 2.75) is 57.7 Å². The lowest BCUT2D eigenvalue weighted by atomic mass is 9.67. The lowest BCUT2D eigenvalue weighted by molar-refractivity contribution is -0.0221. The Kier molecular flexibility index (Phi) is 4.57. The third-order valence-electron chi connectivity index (χ3n) is 6.64. The van der Waals surface area contributed by atoms with Crippen LogP contribution >= 0.6 is 11.6 Å². The molecule has 2 aliphatic heterocycles.